The third-order valence-electron chi connectivity index (χ3n) is 4.29. The maximum Gasteiger partial charge on any atom is 0.251 e. The summed E-state index contributed by atoms with van der Waals surface area (Å²) in [5.74, 6) is -0.467. The number of sulfone groups is 1. The maximum atomic E-state index is 13.6. The Morgan fingerprint density at radius 1 is 1.30 bits per heavy atom. The third kappa shape index (κ3) is 2.89. The number of carbonyl (C=O) groups is 1. The molecule has 2 heterocycles. The highest BCUT2D eigenvalue weighted by atomic mass is 32.2. The van der Waals surface area contributed by atoms with Crippen molar-refractivity contribution in [1.82, 2.24) is 0 Å². The van der Waals surface area contributed by atoms with Crippen molar-refractivity contribution in [1.29, 1.82) is 0 Å². The first-order chi connectivity index (χ1) is 10.9. The number of fused-ring (bicyclic) bond motifs is 1. The highest BCUT2D eigenvalue weighted by Gasteiger charge is 2.49. The number of hydrogen-bond donors (Lipinski definition) is 0. The SMILES string of the molecule is O=C(N=C1S[C@@H]2CS(=O)(=O)C[C@H]2N1c1cccc(F)c1)C1CC1. The van der Waals surface area contributed by atoms with Crippen molar-refractivity contribution in [2.24, 2.45) is 10.9 Å². The van der Waals surface area contributed by atoms with Crippen molar-refractivity contribution in [3.05, 3.63) is 30.1 Å². The molecular weight excluding hydrogens is 339 g/mol. The molecule has 23 heavy (non-hydrogen) atoms. The Hall–Kier alpha value is -1.41. The molecule has 2 saturated heterocycles. The molecule has 0 unspecified atom stereocenters. The van der Waals surface area contributed by atoms with Crippen LogP contribution in [0.2, 0.25) is 0 Å². The van der Waals surface area contributed by atoms with Gasteiger partial charge in [0.15, 0.2) is 15.0 Å². The summed E-state index contributed by atoms with van der Waals surface area (Å²) >= 11 is 1.32. The lowest BCUT2D eigenvalue weighted by atomic mass is 10.2. The summed E-state index contributed by atoms with van der Waals surface area (Å²) in [5.41, 5.74) is 0.546. The van der Waals surface area contributed by atoms with Crippen LogP contribution in [0.1, 0.15) is 12.8 Å². The Morgan fingerprint density at radius 3 is 2.78 bits per heavy atom. The van der Waals surface area contributed by atoms with E-state index in [4.69, 9.17) is 0 Å². The molecule has 1 aromatic rings. The van der Waals surface area contributed by atoms with Gasteiger partial charge in [-0.3, -0.25) is 4.79 Å². The molecule has 2 aliphatic heterocycles. The van der Waals surface area contributed by atoms with E-state index in [2.05, 4.69) is 4.99 Å². The minimum atomic E-state index is -3.11. The lowest BCUT2D eigenvalue weighted by Gasteiger charge is -2.24. The zero-order valence-corrected chi connectivity index (χ0v) is 13.8. The van der Waals surface area contributed by atoms with Gasteiger partial charge in [-0.05, 0) is 31.0 Å². The number of rotatable bonds is 2. The second-order valence-corrected chi connectivity index (χ2v) is 9.52. The second-order valence-electron chi connectivity index (χ2n) is 6.16. The number of amidine groups is 1. The van der Waals surface area contributed by atoms with E-state index in [-0.39, 0.29) is 34.6 Å². The average Bonchev–Trinajstić information content (AvgIpc) is 3.20. The van der Waals surface area contributed by atoms with Gasteiger partial charge in [0.2, 0.25) is 0 Å². The zero-order chi connectivity index (χ0) is 16.2. The minimum Gasteiger partial charge on any atom is -0.315 e. The van der Waals surface area contributed by atoms with Crippen LogP contribution in [0.5, 0.6) is 0 Å². The number of carbonyl (C=O) groups excluding carboxylic acids is 1. The second kappa shape index (κ2) is 5.31. The Bertz CT molecular complexity index is 805. The van der Waals surface area contributed by atoms with Crippen LogP contribution in [0.3, 0.4) is 0 Å². The highest BCUT2D eigenvalue weighted by molar-refractivity contribution is 8.16. The van der Waals surface area contributed by atoms with Crippen molar-refractivity contribution in [2.45, 2.75) is 24.1 Å². The lowest BCUT2D eigenvalue weighted by Crippen LogP contribution is -2.37. The fraction of sp³-hybridized carbons (Fsp3) is 0.467. The van der Waals surface area contributed by atoms with Gasteiger partial charge >= 0.3 is 0 Å². The van der Waals surface area contributed by atoms with Crippen LogP contribution in [-0.4, -0.2) is 42.3 Å². The van der Waals surface area contributed by atoms with Crippen LogP contribution in [-0.2, 0) is 14.6 Å². The third-order valence-corrected chi connectivity index (χ3v) is 7.50. The van der Waals surface area contributed by atoms with E-state index in [9.17, 15) is 17.6 Å². The molecule has 8 heteroatoms. The number of amides is 1. The predicted molar refractivity (Wildman–Crippen MR) is 87.9 cm³/mol. The Morgan fingerprint density at radius 2 is 2.09 bits per heavy atom. The predicted octanol–water partition coefficient (Wildman–Crippen LogP) is 1.84. The van der Waals surface area contributed by atoms with Gasteiger partial charge in [-0.15, -0.1) is 0 Å². The molecule has 0 aromatic heterocycles. The van der Waals surface area contributed by atoms with Gasteiger partial charge in [-0.2, -0.15) is 4.99 Å². The standard InChI is InChI=1S/C15H15FN2O3S2/c16-10-2-1-3-11(6-10)18-12-7-23(20,21)8-13(12)22-15(18)17-14(19)9-4-5-9/h1-3,6,9,12-13H,4-5,7-8H2/t12-,13-/m1/s1. The van der Waals surface area contributed by atoms with Crippen molar-refractivity contribution >= 4 is 38.4 Å². The van der Waals surface area contributed by atoms with Crippen molar-refractivity contribution < 1.29 is 17.6 Å². The van der Waals surface area contributed by atoms with Gasteiger partial charge in [0.05, 0.1) is 17.5 Å². The minimum absolute atomic E-state index is 0.00151. The summed E-state index contributed by atoms with van der Waals surface area (Å²) in [5, 5.41) is 0.339. The van der Waals surface area contributed by atoms with Crippen LogP contribution in [0.15, 0.2) is 29.3 Å². The van der Waals surface area contributed by atoms with Crippen LogP contribution < -0.4 is 4.90 Å². The normalized spacial score (nSPS) is 30.7. The summed E-state index contributed by atoms with van der Waals surface area (Å²) in [7, 11) is -3.11. The molecule has 0 radical (unpaired) electrons. The molecule has 0 N–H and O–H groups in total. The number of nitrogens with zero attached hydrogens (tertiary/aromatic N) is 2. The summed E-state index contributed by atoms with van der Waals surface area (Å²) in [6.07, 6.45) is 1.73. The Kier molecular flexibility index (Phi) is 3.49. The molecule has 2 atom stereocenters. The Balaban J connectivity index is 1.73. The number of thioether (sulfide) groups is 1. The van der Waals surface area contributed by atoms with Crippen LogP contribution in [0.4, 0.5) is 10.1 Å². The molecule has 5 nitrogen and oxygen atoms in total. The summed E-state index contributed by atoms with van der Waals surface area (Å²) in [6, 6.07) is 5.69. The van der Waals surface area contributed by atoms with Crippen LogP contribution in [0, 0.1) is 11.7 Å². The van der Waals surface area contributed by atoms with Crippen LogP contribution >= 0.6 is 11.8 Å². The first-order valence-electron chi connectivity index (χ1n) is 7.47. The lowest BCUT2D eigenvalue weighted by molar-refractivity contribution is -0.118. The van der Waals surface area contributed by atoms with Gasteiger partial charge < -0.3 is 4.90 Å². The molecule has 1 aliphatic carbocycles. The smallest absolute Gasteiger partial charge is 0.251 e. The van der Waals surface area contributed by atoms with Gasteiger partial charge in [0.25, 0.3) is 5.91 Å². The monoisotopic (exact) mass is 354 g/mol. The quantitative estimate of drug-likeness (QED) is 0.811. The van der Waals surface area contributed by atoms with Crippen LogP contribution in [0.25, 0.3) is 0 Å². The van der Waals surface area contributed by atoms with E-state index in [1.54, 1.807) is 17.0 Å². The molecule has 1 saturated carbocycles. The first-order valence-corrected chi connectivity index (χ1v) is 10.2. The van der Waals surface area contributed by atoms with Crippen molar-refractivity contribution in [2.75, 3.05) is 16.4 Å². The van der Waals surface area contributed by atoms with Gasteiger partial charge in [-0.1, -0.05) is 17.8 Å². The topological polar surface area (TPSA) is 66.8 Å². The molecule has 1 aromatic carbocycles. The van der Waals surface area contributed by atoms with Crippen molar-refractivity contribution in [3.63, 3.8) is 0 Å². The van der Waals surface area contributed by atoms with Crippen molar-refractivity contribution in [3.8, 4) is 0 Å². The fourth-order valence-electron chi connectivity index (χ4n) is 3.01. The summed E-state index contributed by atoms with van der Waals surface area (Å²) < 4.78 is 37.4. The largest absolute Gasteiger partial charge is 0.315 e. The molecule has 0 spiro atoms. The van der Waals surface area contributed by atoms with E-state index in [1.807, 2.05) is 0 Å². The first kappa shape index (κ1) is 15.1. The molecule has 3 aliphatic rings. The van der Waals surface area contributed by atoms with E-state index >= 15 is 0 Å². The molecule has 0 bridgehead atoms. The van der Waals surface area contributed by atoms with E-state index in [0.29, 0.717) is 10.9 Å². The van der Waals surface area contributed by atoms with Gasteiger partial charge in [0.1, 0.15) is 5.82 Å². The fourth-order valence-corrected chi connectivity index (χ4v) is 6.93. The Labute approximate surface area is 137 Å². The number of aliphatic imine (C=N–C) groups is 1. The number of benzene rings is 1. The highest BCUT2D eigenvalue weighted by Crippen LogP contribution is 2.41. The average molecular weight is 354 g/mol. The molecule has 122 valence electrons. The van der Waals surface area contributed by atoms with Gasteiger partial charge in [0, 0.05) is 16.9 Å². The molecular formula is C15H15FN2O3S2. The number of halogens is 1. The molecule has 4 rings (SSSR count). The maximum absolute atomic E-state index is 13.6. The van der Waals surface area contributed by atoms with E-state index in [0.717, 1.165) is 12.8 Å². The zero-order valence-electron chi connectivity index (χ0n) is 12.2. The molecule has 3 fully saturated rings. The summed E-state index contributed by atoms with van der Waals surface area (Å²) in [4.78, 5) is 18.0. The van der Waals surface area contributed by atoms with Gasteiger partial charge in [-0.25, -0.2) is 12.8 Å². The summed E-state index contributed by atoms with van der Waals surface area (Å²) in [6.45, 7) is 0. The van der Waals surface area contributed by atoms with E-state index in [1.165, 1.54) is 23.9 Å². The number of anilines is 1. The van der Waals surface area contributed by atoms with E-state index < -0.39 is 15.7 Å². The number of hydrogen-bond acceptors (Lipinski definition) is 4. The molecule has 1 amide bonds.